The summed E-state index contributed by atoms with van der Waals surface area (Å²) in [6, 6.07) is 14.4. The van der Waals surface area contributed by atoms with Crippen molar-refractivity contribution in [1.82, 2.24) is 0 Å². The highest BCUT2D eigenvalue weighted by Gasteiger charge is 2.29. The summed E-state index contributed by atoms with van der Waals surface area (Å²) in [5.41, 5.74) is 9.04. The summed E-state index contributed by atoms with van der Waals surface area (Å²) in [7, 11) is 0. The Morgan fingerprint density at radius 1 is 0.517 bits per heavy atom. The summed E-state index contributed by atoms with van der Waals surface area (Å²) < 4.78 is 0. The van der Waals surface area contributed by atoms with Crippen molar-refractivity contribution in [2.75, 3.05) is 0 Å². The smallest absolute Gasteiger partial charge is 0.0146 e. The number of benzene rings is 2. The fraction of sp³-hybridized carbons (Fsp3) is 0.586. The van der Waals surface area contributed by atoms with Gasteiger partial charge in [0.2, 0.25) is 0 Å². The Labute approximate surface area is 181 Å². The Balaban J connectivity index is 2.64. The van der Waals surface area contributed by atoms with E-state index < -0.39 is 0 Å². The van der Waals surface area contributed by atoms with E-state index in [0.717, 1.165) is 0 Å². The average Bonchev–Trinajstić information content (AvgIpc) is 2.58. The molecule has 0 spiro atoms. The molecule has 0 aromatic heterocycles. The molecule has 0 aliphatic rings. The minimum atomic E-state index is -0.0277. The van der Waals surface area contributed by atoms with Gasteiger partial charge in [0.25, 0.3) is 0 Å². The first-order chi connectivity index (χ1) is 13.1. The predicted molar refractivity (Wildman–Crippen MR) is 131 cm³/mol. The van der Waals surface area contributed by atoms with E-state index in [-0.39, 0.29) is 16.2 Å². The van der Waals surface area contributed by atoms with Gasteiger partial charge < -0.3 is 0 Å². The van der Waals surface area contributed by atoms with Gasteiger partial charge >= 0.3 is 0 Å². The van der Waals surface area contributed by atoms with Crippen molar-refractivity contribution in [3.8, 4) is 0 Å². The van der Waals surface area contributed by atoms with Crippen LogP contribution in [0.4, 0.5) is 0 Å². The zero-order valence-electron chi connectivity index (χ0n) is 21.1. The lowest BCUT2D eigenvalue weighted by atomic mass is 9.72. The highest BCUT2D eigenvalue weighted by atomic mass is 14.3. The molecule has 0 aliphatic heterocycles. The van der Waals surface area contributed by atoms with Gasteiger partial charge in [-0.1, -0.05) is 119 Å². The van der Waals surface area contributed by atoms with Gasteiger partial charge in [-0.15, -0.1) is 0 Å². The Kier molecular flexibility index (Phi) is 6.49. The molecule has 2 rings (SSSR count). The quantitative estimate of drug-likeness (QED) is 0.487. The van der Waals surface area contributed by atoms with Crippen LogP contribution in [0.3, 0.4) is 0 Å². The van der Waals surface area contributed by atoms with E-state index in [2.05, 4.69) is 119 Å². The molecule has 2 aromatic carbocycles. The minimum Gasteiger partial charge on any atom is -0.0587 e. The second-order valence-corrected chi connectivity index (χ2v) is 12.0. The third kappa shape index (κ3) is 4.96. The van der Waals surface area contributed by atoms with E-state index in [4.69, 9.17) is 0 Å². The van der Waals surface area contributed by atoms with Crippen molar-refractivity contribution in [3.05, 3.63) is 69.8 Å². The number of hydrogen-bond acceptors (Lipinski definition) is 0. The molecular weight excluding hydrogens is 348 g/mol. The van der Waals surface area contributed by atoms with E-state index in [9.17, 15) is 0 Å². The normalized spacial score (nSPS) is 13.4. The van der Waals surface area contributed by atoms with Gasteiger partial charge in [-0.3, -0.25) is 0 Å². The van der Waals surface area contributed by atoms with Gasteiger partial charge in [-0.05, 0) is 56.0 Å². The Bertz CT molecular complexity index is 777. The molecule has 0 N–H and O–H groups in total. The molecule has 0 radical (unpaired) electrons. The third-order valence-electron chi connectivity index (χ3n) is 6.41. The largest absolute Gasteiger partial charge is 0.0587 e. The Hall–Kier alpha value is -1.56. The van der Waals surface area contributed by atoms with E-state index in [1.54, 1.807) is 0 Å². The second kappa shape index (κ2) is 7.93. The molecule has 2 aromatic rings. The SMILES string of the molecule is CC(C)c1cc(C(C)(C)c2ccc(C(C)(C)C)c(C(C)C)c2)ccc1C(C)(C)C. The maximum Gasteiger partial charge on any atom is 0.0146 e. The van der Waals surface area contributed by atoms with E-state index in [1.165, 1.54) is 33.4 Å². The van der Waals surface area contributed by atoms with Crippen LogP contribution in [-0.4, -0.2) is 0 Å². The molecule has 0 nitrogen and oxygen atoms in total. The summed E-state index contributed by atoms with van der Waals surface area (Å²) in [4.78, 5) is 0. The first-order valence-corrected chi connectivity index (χ1v) is 11.4. The standard InChI is InChI=1S/C29H44/c1-19(2)23-17-21(13-15-25(23)27(5,6)7)29(11,12)22-14-16-26(28(8,9)10)24(18-22)20(3)4/h13-20H,1-12H3. The summed E-state index contributed by atoms with van der Waals surface area (Å²) in [5, 5.41) is 0. The second-order valence-electron chi connectivity index (χ2n) is 12.0. The van der Waals surface area contributed by atoms with Crippen LogP contribution in [0.25, 0.3) is 0 Å². The van der Waals surface area contributed by atoms with Gasteiger partial charge in [0.15, 0.2) is 0 Å². The molecule has 0 fully saturated rings. The van der Waals surface area contributed by atoms with Crippen LogP contribution in [0.1, 0.15) is 128 Å². The minimum absolute atomic E-state index is 0.0277. The van der Waals surface area contributed by atoms with Crippen LogP contribution in [0.2, 0.25) is 0 Å². The van der Waals surface area contributed by atoms with Crippen LogP contribution in [0.15, 0.2) is 36.4 Å². The Morgan fingerprint density at radius 2 is 0.828 bits per heavy atom. The zero-order chi connectivity index (χ0) is 22.4. The molecule has 0 saturated heterocycles. The van der Waals surface area contributed by atoms with Crippen LogP contribution >= 0.6 is 0 Å². The molecule has 29 heavy (non-hydrogen) atoms. The maximum absolute atomic E-state index is 2.47. The first-order valence-electron chi connectivity index (χ1n) is 11.4. The molecule has 160 valence electrons. The molecule has 0 aliphatic carbocycles. The van der Waals surface area contributed by atoms with Crippen LogP contribution in [0, 0.1) is 0 Å². The maximum atomic E-state index is 2.47. The summed E-state index contributed by atoms with van der Waals surface area (Å²) in [6.45, 7) is 27.9. The highest BCUT2D eigenvalue weighted by Crippen LogP contribution is 2.40. The lowest BCUT2D eigenvalue weighted by Crippen LogP contribution is -2.23. The van der Waals surface area contributed by atoms with E-state index in [1.807, 2.05) is 0 Å². The van der Waals surface area contributed by atoms with Gasteiger partial charge in [-0.25, -0.2) is 0 Å². The van der Waals surface area contributed by atoms with Crippen molar-refractivity contribution < 1.29 is 0 Å². The highest BCUT2D eigenvalue weighted by molar-refractivity contribution is 5.48. The predicted octanol–water partition coefficient (Wildman–Crippen LogP) is 8.85. The van der Waals surface area contributed by atoms with Crippen LogP contribution in [0.5, 0.6) is 0 Å². The van der Waals surface area contributed by atoms with E-state index >= 15 is 0 Å². The van der Waals surface area contributed by atoms with Crippen LogP contribution < -0.4 is 0 Å². The van der Waals surface area contributed by atoms with Crippen molar-refractivity contribution in [2.45, 2.75) is 111 Å². The molecule has 0 heteroatoms. The molecule has 0 atom stereocenters. The molecule has 0 saturated carbocycles. The average molecular weight is 393 g/mol. The summed E-state index contributed by atoms with van der Waals surface area (Å²) >= 11 is 0. The zero-order valence-corrected chi connectivity index (χ0v) is 21.1. The van der Waals surface area contributed by atoms with Crippen molar-refractivity contribution in [1.29, 1.82) is 0 Å². The first kappa shape index (κ1) is 23.7. The number of hydrogen-bond donors (Lipinski definition) is 0. The van der Waals surface area contributed by atoms with Gasteiger partial charge in [0.05, 0.1) is 0 Å². The molecule has 0 unspecified atom stereocenters. The van der Waals surface area contributed by atoms with Gasteiger partial charge in [0, 0.05) is 5.41 Å². The fourth-order valence-corrected chi connectivity index (χ4v) is 4.39. The lowest BCUT2D eigenvalue weighted by molar-refractivity contribution is 0.569. The van der Waals surface area contributed by atoms with E-state index in [0.29, 0.717) is 11.8 Å². The number of rotatable bonds is 4. The lowest BCUT2D eigenvalue weighted by Gasteiger charge is -2.32. The topological polar surface area (TPSA) is 0 Å². The van der Waals surface area contributed by atoms with Gasteiger partial charge in [0.1, 0.15) is 0 Å². The van der Waals surface area contributed by atoms with Gasteiger partial charge in [-0.2, -0.15) is 0 Å². The van der Waals surface area contributed by atoms with Crippen molar-refractivity contribution >= 4 is 0 Å². The molecule has 0 amide bonds. The third-order valence-corrected chi connectivity index (χ3v) is 6.41. The van der Waals surface area contributed by atoms with Crippen molar-refractivity contribution in [2.24, 2.45) is 0 Å². The Morgan fingerprint density at radius 3 is 1.07 bits per heavy atom. The molecule has 0 heterocycles. The monoisotopic (exact) mass is 392 g/mol. The van der Waals surface area contributed by atoms with Crippen molar-refractivity contribution in [3.63, 3.8) is 0 Å². The molecule has 0 bridgehead atoms. The summed E-state index contributed by atoms with van der Waals surface area (Å²) in [5.74, 6) is 1.05. The molecular formula is C29H44. The van der Waals surface area contributed by atoms with Crippen LogP contribution in [-0.2, 0) is 16.2 Å². The fourth-order valence-electron chi connectivity index (χ4n) is 4.39. The summed E-state index contributed by atoms with van der Waals surface area (Å²) in [6.07, 6.45) is 0.